The number of aliphatic imine (C=N–C) groups is 1. The second-order valence-electron chi connectivity index (χ2n) is 8.08. The predicted molar refractivity (Wildman–Crippen MR) is 121 cm³/mol. The molecule has 0 radical (unpaired) electrons. The first kappa shape index (κ1) is 21.3. The van der Waals surface area contributed by atoms with Gasteiger partial charge in [0.25, 0.3) is 0 Å². The molecule has 0 aromatic carbocycles. The number of piperidine rings is 1. The van der Waals surface area contributed by atoms with E-state index in [1.165, 1.54) is 31.2 Å². The van der Waals surface area contributed by atoms with E-state index in [9.17, 15) is 0 Å². The summed E-state index contributed by atoms with van der Waals surface area (Å²) in [5.74, 6) is 2.16. The molecule has 0 atom stereocenters. The Kier molecular flexibility index (Phi) is 7.98. The Balaban J connectivity index is 0.00000243. The van der Waals surface area contributed by atoms with Crippen molar-refractivity contribution in [3.63, 3.8) is 0 Å². The molecule has 0 aliphatic carbocycles. The summed E-state index contributed by atoms with van der Waals surface area (Å²) >= 11 is 0. The zero-order valence-electron chi connectivity index (χ0n) is 16.5. The fraction of sp³-hybridized carbons (Fsp3) is 0.700. The number of halogens is 1. The van der Waals surface area contributed by atoms with Crippen LogP contribution in [0.15, 0.2) is 23.3 Å². The minimum Gasteiger partial charge on any atom is -0.357 e. The monoisotopic (exact) mass is 471 g/mol. The molecule has 2 fully saturated rings. The largest absolute Gasteiger partial charge is 0.357 e. The summed E-state index contributed by atoms with van der Waals surface area (Å²) in [4.78, 5) is 14.3. The number of rotatable bonds is 4. The third-order valence-corrected chi connectivity index (χ3v) is 5.21. The van der Waals surface area contributed by atoms with Gasteiger partial charge >= 0.3 is 0 Å². The third kappa shape index (κ3) is 5.72. The fourth-order valence-corrected chi connectivity index (χ4v) is 3.74. The van der Waals surface area contributed by atoms with Crippen LogP contribution in [0.25, 0.3) is 0 Å². The maximum Gasteiger partial charge on any atom is 0.194 e. The smallest absolute Gasteiger partial charge is 0.194 e. The van der Waals surface area contributed by atoms with Crippen LogP contribution in [0.4, 0.5) is 5.82 Å². The van der Waals surface area contributed by atoms with Crippen LogP contribution in [0.5, 0.6) is 0 Å². The minimum atomic E-state index is 0. The average Bonchev–Trinajstić information content (AvgIpc) is 2.99. The summed E-state index contributed by atoms with van der Waals surface area (Å²) in [5.41, 5.74) is 1.62. The highest BCUT2D eigenvalue weighted by molar-refractivity contribution is 14.0. The molecule has 0 unspecified atom stereocenters. The van der Waals surface area contributed by atoms with E-state index < -0.39 is 0 Å². The lowest BCUT2D eigenvalue weighted by Crippen LogP contribution is -2.40. The number of aromatic nitrogens is 1. The standard InChI is InChI=1S/C20H33N5.HI/c1-4-21-19(25-13-9-20(2,3)16-25)23-15-17-8-10-22-18(14-17)24-11-6-5-7-12-24;/h8,10,14H,4-7,9,11-13,15-16H2,1-3H3,(H,21,23);1H. The van der Waals surface area contributed by atoms with Gasteiger partial charge in [0.2, 0.25) is 0 Å². The molecule has 1 aromatic heterocycles. The van der Waals surface area contributed by atoms with E-state index in [0.29, 0.717) is 12.0 Å². The van der Waals surface area contributed by atoms with E-state index in [0.717, 1.165) is 44.5 Å². The maximum atomic E-state index is 4.90. The molecule has 3 rings (SSSR count). The average molecular weight is 471 g/mol. The van der Waals surface area contributed by atoms with Crippen molar-refractivity contribution in [1.29, 1.82) is 0 Å². The van der Waals surface area contributed by atoms with Crippen molar-refractivity contribution in [2.45, 2.75) is 53.0 Å². The summed E-state index contributed by atoms with van der Waals surface area (Å²) < 4.78 is 0. The first-order valence-corrected chi connectivity index (χ1v) is 9.80. The van der Waals surface area contributed by atoms with Gasteiger partial charge in [0.1, 0.15) is 5.82 Å². The van der Waals surface area contributed by atoms with Crippen molar-refractivity contribution in [3.05, 3.63) is 23.9 Å². The van der Waals surface area contributed by atoms with Gasteiger partial charge in [-0.05, 0) is 55.7 Å². The lowest BCUT2D eigenvalue weighted by atomic mass is 9.93. The number of hydrogen-bond acceptors (Lipinski definition) is 3. The summed E-state index contributed by atoms with van der Waals surface area (Å²) in [6.07, 6.45) is 7.06. The zero-order chi connectivity index (χ0) is 17.7. The van der Waals surface area contributed by atoms with Gasteiger partial charge in [-0.3, -0.25) is 0 Å². The number of guanidine groups is 1. The van der Waals surface area contributed by atoms with Crippen LogP contribution < -0.4 is 10.2 Å². The van der Waals surface area contributed by atoms with E-state index >= 15 is 0 Å². The first-order valence-electron chi connectivity index (χ1n) is 9.80. The highest BCUT2D eigenvalue weighted by atomic mass is 127. The minimum absolute atomic E-state index is 0. The van der Waals surface area contributed by atoms with Gasteiger partial charge in [0.05, 0.1) is 6.54 Å². The normalized spacial score (nSPS) is 20.0. The summed E-state index contributed by atoms with van der Waals surface area (Å²) in [5, 5.41) is 3.46. The molecule has 2 aliphatic rings. The van der Waals surface area contributed by atoms with E-state index in [1.807, 2.05) is 6.20 Å². The molecule has 2 saturated heterocycles. The first-order chi connectivity index (χ1) is 12.1. The lowest BCUT2D eigenvalue weighted by Gasteiger charge is -2.28. The Morgan fingerprint density at radius 1 is 1.23 bits per heavy atom. The molecule has 0 amide bonds. The van der Waals surface area contributed by atoms with E-state index in [4.69, 9.17) is 4.99 Å². The number of nitrogens with zero attached hydrogens (tertiary/aromatic N) is 4. The van der Waals surface area contributed by atoms with Gasteiger partial charge in [-0.2, -0.15) is 0 Å². The Morgan fingerprint density at radius 3 is 2.65 bits per heavy atom. The number of nitrogens with one attached hydrogen (secondary N) is 1. The number of pyridine rings is 1. The van der Waals surface area contributed by atoms with Gasteiger partial charge < -0.3 is 15.1 Å². The Morgan fingerprint density at radius 2 is 2.00 bits per heavy atom. The van der Waals surface area contributed by atoms with Gasteiger partial charge in [-0.15, -0.1) is 24.0 Å². The van der Waals surface area contributed by atoms with Crippen LogP contribution in [0.3, 0.4) is 0 Å². The van der Waals surface area contributed by atoms with Crippen LogP contribution in [-0.4, -0.2) is 48.6 Å². The van der Waals surface area contributed by atoms with Crippen molar-refractivity contribution in [2.75, 3.05) is 37.6 Å². The van der Waals surface area contributed by atoms with Crippen LogP contribution in [0, 0.1) is 5.41 Å². The molecule has 0 bridgehead atoms. The lowest BCUT2D eigenvalue weighted by molar-refractivity contribution is 0.370. The van der Waals surface area contributed by atoms with E-state index in [1.54, 1.807) is 0 Å². The maximum absolute atomic E-state index is 4.90. The molecule has 146 valence electrons. The second-order valence-corrected chi connectivity index (χ2v) is 8.08. The Bertz CT molecular complexity index is 596. The number of anilines is 1. The van der Waals surface area contributed by atoms with Gasteiger partial charge in [-0.25, -0.2) is 9.98 Å². The highest BCUT2D eigenvalue weighted by Crippen LogP contribution is 2.28. The fourth-order valence-electron chi connectivity index (χ4n) is 3.74. The quantitative estimate of drug-likeness (QED) is 0.411. The van der Waals surface area contributed by atoms with Gasteiger partial charge in [0.15, 0.2) is 5.96 Å². The Labute approximate surface area is 175 Å². The van der Waals surface area contributed by atoms with Crippen molar-refractivity contribution >= 4 is 35.8 Å². The Hall–Kier alpha value is -1.05. The van der Waals surface area contributed by atoms with Crippen LogP contribution in [0.1, 0.15) is 52.0 Å². The molecule has 2 aliphatic heterocycles. The molecular formula is C20H34IN5. The second kappa shape index (κ2) is 9.76. The molecular weight excluding hydrogens is 437 g/mol. The molecule has 0 saturated carbocycles. The third-order valence-electron chi connectivity index (χ3n) is 5.21. The van der Waals surface area contributed by atoms with Crippen molar-refractivity contribution in [2.24, 2.45) is 10.4 Å². The molecule has 5 nitrogen and oxygen atoms in total. The van der Waals surface area contributed by atoms with Crippen LogP contribution >= 0.6 is 24.0 Å². The summed E-state index contributed by atoms with van der Waals surface area (Å²) in [6.45, 7) is 12.9. The summed E-state index contributed by atoms with van der Waals surface area (Å²) in [6, 6.07) is 4.31. The van der Waals surface area contributed by atoms with E-state index in [2.05, 4.69) is 53.0 Å². The highest BCUT2D eigenvalue weighted by Gasteiger charge is 2.30. The van der Waals surface area contributed by atoms with Crippen molar-refractivity contribution < 1.29 is 0 Å². The topological polar surface area (TPSA) is 43.8 Å². The SMILES string of the molecule is CCNC(=NCc1ccnc(N2CCCCC2)c1)N1CCC(C)(C)C1.I. The predicted octanol–water partition coefficient (Wildman–Crippen LogP) is 3.89. The summed E-state index contributed by atoms with van der Waals surface area (Å²) in [7, 11) is 0. The van der Waals surface area contributed by atoms with Crippen molar-refractivity contribution in [1.82, 2.24) is 15.2 Å². The molecule has 6 heteroatoms. The molecule has 1 N–H and O–H groups in total. The van der Waals surface area contributed by atoms with Gasteiger partial charge in [0, 0.05) is 38.9 Å². The number of hydrogen-bond donors (Lipinski definition) is 1. The van der Waals surface area contributed by atoms with E-state index in [-0.39, 0.29) is 24.0 Å². The molecule has 1 aromatic rings. The zero-order valence-corrected chi connectivity index (χ0v) is 18.8. The van der Waals surface area contributed by atoms with Gasteiger partial charge in [-0.1, -0.05) is 13.8 Å². The molecule has 26 heavy (non-hydrogen) atoms. The molecule has 3 heterocycles. The number of likely N-dealkylation sites (tertiary alicyclic amines) is 1. The molecule has 0 spiro atoms. The van der Waals surface area contributed by atoms with Crippen LogP contribution in [0.2, 0.25) is 0 Å². The van der Waals surface area contributed by atoms with Crippen LogP contribution in [-0.2, 0) is 6.54 Å². The van der Waals surface area contributed by atoms with Crippen molar-refractivity contribution in [3.8, 4) is 0 Å².